The number of carbonyl (C=O) groups excluding carboxylic acids is 3. The highest BCUT2D eigenvalue weighted by atomic mass is 35.5. The van der Waals surface area contributed by atoms with Crippen LogP contribution >= 0.6 is 11.6 Å². The summed E-state index contributed by atoms with van der Waals surface area (Å²) in [6, 6.07) is 9.79. The number of rotatable bonds is 5. The summed E-state index contributed by atoms with van der Waals surface area (Å²) in [5.74, 6) is 0.00297. The third-order valence-corrected chi connectivity index (χ3v) is 6.94. The predicted octanol–water partition coefficient (Wildman–Crippen LogP) is 4.82. The van der Waals surface area contributed by atoms with Gasteiger partial charge in [0, 0.05) is 34.3 Å². The van der Waals surface area contributed by atoms with Crippen LogP contribution in [-0.4, -0.2) is 55.2 Å². The van der Waals surface area contributed by atoms with E-state index < -0.39 is 12.1 Å². The zero-order chi connectivity index (χ0) is 30.3. The molecule has 0 unspecified atom stereocenters. The summed E-state index contributed by atoms with van der Waals surface area (Å²) in [6.07, 6.45) is 8.72. The Morgan fingerprint density at radius 3 is 2.84 bits per heavy atom. The van der Waals surface area contributed by atoms with Crippen molar-refractivity contribution in [3.05, 3.63) is 83.1 Å². The van der Waals surface area contributed by atoms with Crippen LogP contribution in [0.4, 0.5) is 16.2 Å². The van der Waals surface area contributed by atoms with E-state index in [0.29, 0.717) is 57.6 Å². The van der Waals surface area contributed by atoms with Gasteiger partial charge in [0.2, 0.25) is 11.8 Å². The molecule has 13 nitrogen and oxygen atoms in total. The van der Waals surface area contributed by atoms with E-state index >= 15 is 0 Å². The van der Waals surface area contributed by atoms with Gasteiger partial charge in [0.1, 0.15) is 12.2 Å². The molecule has 1 aliphatic rings. The minimum Gasteiger partial charge on any atom is -0.453 e. The van der Waals surface area contributed by atoms with Crippen LogP contribution in [0.25, 0.3) is 23.0 Å². The summed E-state index contributed by atoms with van der Waals surface area (Å²) < 4.78 is 6.16. The maximum absolute atomic E-state index is 13.1. The van der Waals surface area contributed by atoms with E-state index in [4.69, 9.17) is 11.6 Å². The number of fused-ring (bicyclic) bond motifs is 4. The van der Waals surface area contributed by atoms with E-state index in [1.165, 1.54) is 24.2 Å². The largest absolute Gasteiger partial charge is 0.453 e. The first kappa shape index (κ1) is 29.2. The van der Waals surface area contributed by atoms with Crippen LogP contribution < -0.4 is 16.0 Å². The third-order valence-electron chi connectivity index (χ3n) is 6.71. The maximum atomic E-state index is 13.1. The summed E-state index contributed by atoms with van der Waals surface area (Å²) in [7, 11) is 1.27. The summed E-state index contributed by atoms with van der Waals surface area (Å²) in [4.78, 5) is 45.5. The number of allylic oxidation sites excluding steroid dienone is 1. The van der Waals surface area contributed by atoms with Crippen molar-refractivity contribution in [1.82, 2.24) is 35.5 Å². The first-order chi connectivity index (χ1) is 20.8. The van der Waals surface area contributed by atoms with Gasteiger partial charge in [0.15, 0.2) is 0 Å². The molecule has 2 aromatic carbocycles. The molecule has 0 saturated heterocycles. The third kappa shape index (κ3) is 7.32. The molecule has 2 aromatic heterocycles. The SMILES string of the molecule is COC(=O)Nc1ccc2c(c1)NC(=O)CC/C(C)=C/C[C@H](NC(=O)/C=C/c1cc(Cl)ccc1-n1cnnn1)c1ncc-2[nH]1. The zero-order valence-corrected chi connectivity index (χ0v) is 24.1. The molecule has 4 aromatic rings. The number of methoxy groups -OCH3 is 1. The summed E-state index contributed by atoms with van der Waals surface area (Å²) >= 11 is 6.21. The number of hydrogen-bond donors (Lipinski definition) is 4. The summed E-state index contributed by atoms with van der Waals surface area (Å²) in [5, 5.41) is 20.3. The van der Waals surface area contributed by atoms with E-state index in [1.54, 1.807) is 48.7 Å². The second kappa shape index (κ2) is 13.1. The minimum absolute atomic E-state index is 0.180. The van der Waals surface area contributed by atoms with Gasteiger partial charge in [-0.3, -0.25) is 14.9 Å². The zero-order valence-electron chi connectivity index (χ0n) is 23.3. The highest BCUT2D eigenvalue weighted by molar-refractivity contribution is 6.30. The number of carbonyl (C=O) groups is 3. The van der Waals surface area contributed by atoms with Crippen molar-refractivity contribution in [2.45, 2.75) is 32.2 Å². The molecule has 5 rings (SSSR count). The van der Waals surface area contributed by atoms with Crippen LogP contribution in [-0.2, 0) is 14.3 Å². The van der Waals surface area contributed by atoms with E-state index in [1.807, 2.05) is 13.0 Å². The average Bonchev–Trinajstić information content (AvgIpc) is 3.70. The minimum atomic E-state index is -0.630. The topological polar surface area (TPSA) is 169 Å². The van der Waals surface area contributed by atoms with Crippen molar-refractivity contribution < 1.29 is 19.1 Å². The molecule has 0 saturated carbocycles. The lowest BCUT2D eigenvalue weighted by atomic mass is 10.1. The van der Waals surface area contributed by atoms with Gasteiger partial charge in [0.25, 0.3) is 0 Å². The van der Waals surface area contributed by atoms with Crippen LogP contribution in [0.1, 0.15) is 43.6 Å². The number of imidazole rings is 1. The van der Waals surface area contributed by atoms with Crippen LogP contribution in [0, 0.1) is 0 Å². The summed E-state index contributed by atoms with van der Waals surface area (Å²) in [5.41, 5.74) is 4.51. The quantitative estimate of drug-likeness (QED) is 0.186. The molecule has 1 aliphatic heterocycles. The molecule has 14 heteroatoms. The number of aromatic amines is 1. The number of aromatic nitrogens is 6. The molecule has 0 fully saturated rings. The highest BCUT2D eigenvalue weighted by Gasteiger charge is 2.20. The lowest BCUT2D eigenvalue weighted by Crippen LogP contribution is -2.27. The van der Waals surface area contributed by atoms with E-state index in [-0.39, 0.29) is 18.2 Å². The van der Waals surface area contributed by atoms with E-state index in [0.717, 1.165) is 5.57 Å². The lowest BCUT2D eigenvalue weighted by molar-refractivity contribution is -0.117. The van der Waals surface area contributed by atoms with Gasteiger partial charge in [0.05, 0.1) is 36.4 Å². The van der Waals surface area contributed by atoms with Crippen molar-refractivity contribution in [3.8, 4) is 16.9 Å². The van der Waals surface area contributed by atoms with Gasteiger partial charge < -0.3 is 20.4 Å². The Labute approximate surface area is 251 Å². The second-order valence-electron chi connectivity index (χ2n) is 9.75. The first-order valence-corrected chi connectivity index (χ1v) is 13.7. The Morgan fingerprint density at radius 2 is 2.05 bits per heavy atom. The van der Waals surface area contributed by atoms with Gasteiger partial charge in [-0.25, -0.2) is 9.78 Å². The molecule has 1 atom stereocenters. The van der Waals surface area contributed by atoms with Crippen molar-refractivity contribution in [2.75, 3.05) is 17.7 Å². The normalized spacial score (nSPS) is 16.5. The van der Waals surface area contributed by atoms with Crippen LogP contribution in [0.3, 0.4) is 0 Å². The van der Waals surface area contributed by atoms with Crippen molar-refractivity contribution in [2.24, 2.45) is 0 Å². The van der Waals surface area contributed by atoms with Gasteiger partial charge in [-0.1, -0.05) is 23.3 Å². The molecule has 220 valence electrons. The number of nitrogens with one attached hydrogen (secondary N) is 4. The smallest absolute Gasteiger partial charge is 0.411 e. The Balaban J connectivity index is 1.43. The number of halogens is 1. The Kier molecular flexibility index (Phi) is 8.91. The number of benzene rings is 2. The van der Waals surface area contributed by atoms with Crippen molar-refractivity contribution >= 4 is 47.0 Å². The van der Waals surface area contributed by atoms with Gasteiger partial charge in [-0.15, -0.1) is 5.10 Å². The van der Waals surface area contributed by atoms with Crippen LogP contribution in [0.15, 0.2) is 66.6 Å². The number of H-pyrrole nitrogens is 1. The predicted molar refractivity (Wildman–Crippen MR) is 160 cm³/mol. The number of nitrogens with zero attached hydrogens (tertiary/aromatic N) is 5. The van der Waals surface area contributed by atoms with Gasteiger partial charge in [-0.2, -0.15) is 4.68 Å². The summed E-state index contributed by atoms with van der Waals surface area (Å²) in [6.45, 7) is 1.94. The second-order valence-corrected chi connectivity index (χ2v) is 10.2. The average molecular weight is 602 g/mol. The first-order valence-electron chi connectivity index (χ1n) is 13.3. The maximum Gasteiger partial charge on any atom is 0.411 e. The van der Waals surface area contributed by atoms with Crippen molar-refractivity contribution in [1.29, 1.82) is 0 Å². The lowest BCUT2D eigenvalue weighted by Gasteiger charge is -2.15. The number of hydrogen-bond acceptors (Lipinski definition) is 8. The molecule has 0 radical (unpaired) electrons. The van der Waals surface area contributed by atoms with Gasteiger partial charge >= 0.3 is 6.09 Å². The molecule has 0 spiro atoms. The molecular formula is C29H28ClN9O4. The highest BCUT2D eigenvalue weighted by Crippen LogP contribution is 2.32. The Hall–Kier alpha value is -5.30. The number of amides is 3. The molecular weight excluding hydrogens is 574 g/mol. The van der Waals surface area contributed by atoms with Crippen LogP contribution in [0.2, 0.25) is 5.02 Å². The Bertz CT molecular complexity index is 1710. The molecule has 4 N–H and O–H groups in total. The standard InChI is InChI=1S/C29H28ClN9O4/c1-17-3-9-22(34-27(41)12-5-18-13-19(30)6-10-25(18)39-16-32-37-38-39)28-31-15-24(36-28)21-8-7-20(33-29(42)43-2)14-23(21)35-26(40)11-4-17/h3,5-8,10,12-16,22H,4,9,11H2,1-2H3,(H,31,36)(H,33,42)(H,34,41)(H,35,40)/b12-5+,17-3+/t22-/m0/s1. The molecule has 0 aliphatic carbocycles. The number of anilines is 2. The van der Waals surface area contributed by atoms with Crippen LogP contribution in [0.5, 0.6) is 0 Å². The molecule has 43 heavy (non-hydrogen) atoms. The molecule has 3 heterocycles. The molecule has 3 amide bonds. The monoisotopic (exact) mass is 601 g/mol. The fourth-order valence-corrected chi connectivity index (χ4v) is 4.67. The van der Waals surface area contributed by atoms with Crippen molar-refractivity contribution in [3.63, 3.8) is 0 Å². The van der Waals surface area contributed by atoms with E-state index in [9.17, 15) is 14.4 Å². The fraction of sp³-hybridized carbons (Fsp3) is 0.207. The van der Waals surface area contributed by atoms with E-state index in [2.05, 4.69) is 46.2 Å². The number of tetrazole rings is 1. The molecule has 2 bridgehead atoms. The fourth-order valence-electron chi connectivity index (χ4n) is 4.49. The van der Waals surface area contributed by atoms with Gasteiger partial charge in [-0.05, 0) is 72.7 Å². The Morgan fingerprint density at radius 1 is 1.19 bits per heavy atom. The number of ether oxygens (including phenoxy) is 1.